The van der Waals surface area contributed by atoms with Crippen molar-refractivity contribution in [2.45, 2.75) is 12.8 Å². The molecule has 0 aromatic heterocycles. The molecule has 0 saturated heterocycles. The summed E-state index contributed by atoms with van der Waals surface area (Å²) >= 11 is 0. The number of hydrogen-bond acceptors (Lipinski definition) is 2. The molecular formula is C14H12F3NO3. The highest BCUT2D eigenvalue weighted by Crippen LogP contribution is 2.28. The highest BCUT2D eigenvalue weighted by atomic mass is 19.2. The van der Waals surface area contributed by atoms with Crippen molar-refractivity contribution in [3.63, 3.8) is 0 Å². The summed E-state index contributed by atoms with van der Waals surface area (Å²) in [5.74, 6) is -8.26. The number of anilines is 1. The lowest BCUT2D eigenvalue weighted by molar-refractivity contribution is -0.146. The van der Waals surface area contributed by atoms with Crippen molar-refractivity contribution in [2.24, 2.45) is 11.8 Å². The van der Waals surface area contributed by atoms with Crippen molar-refractivity contribution >= 4 is 17.6 Å². The van der Waals surface area contributed by atoms with Gasteiger partial charge in [-0.05, 0) is 25.0 Å². The molecule has 4 nitrogen and oxygen atoms in total. The number of benzene rings is 1. The predicted molar refractivity (Wildman–Crippen MR) is 67.9 cm³/mol. The summed E-state index contributed by atoms with van der Waals surface area (Å²) in [5, 5.41) is 11.2. The van der Waals surface area contributed by atoms with E-state index in [4.69, 9.17) is 5.11 Å². The zero-order valence-corrected chi connectivity index (χ0v) is 10.8. The Morgan fingerprint density at radius 1 is 1.05 bits per heavy atom. The molecule has 2 rings (SSSR count). The fourth-order valence-corrected chi connectivity index (χ4v) is 2.22. The van der Waals surface area contributed by atoms with Crippen LogP contribution in [0, 0.1) is 29.3 Å². The average molecular weight is 299 g/mol. The molecule has 2 atom stereocenters. The van der Waals surface area contributed by atoms with Gasteiger partial charge in [0.15, 0.2) is 17.5 Å². The van der Waals surface area contributed by atoms with E-state index in [1.807, 2.05) is 0 Å². The fraction of sp³-hybridized carbons (Fsp3) is 0.286. The van der Waals surface area contributed by atoms with Crippen molar-refractivity contribution in [3.05, 3.63) is 41.7 Å². The summed E-state index contributed by atoms with van der Waals surface area (Å²) in [6.07, 6.45) is 3.69. The minimum atomic E-state index is -1.69. The average Bonchev–Trinajstić information content (AvgIpc) is 2.47. The molecule has 0 bridgehead atoms. The molecule has 1 aliphatic carbocycles. The van der Waals surface area contributed by atoms with Gasteiger partial charge >= 0.3 is 5.97 Å². The van der Waals surface area contributed by atoms with E-state index >= 15 is 0 Å². The Hall–Kier alpha value is -2.31. The van der Waals surface area contributed by atoms with Crippen LogP contribution in [0.15, 0.2) is 24.3 Å². The molecule has 0 heterocycles. The Morgan fingerprint density at radius 3 is 2.29 bits per heavy atom. The number of hydrogen-bond donors (Lipinski definition) is 2. The van der Waals surface area contributed by atoms with Crippen LogP contribution in [-0.2, 0) is 9.59 Å². The van der Waals surface area contributed by atoms with E-state index in [-0.39, 0.29) is 12.8 Å². The van der Waals surface area contributed by atoms with Gasteiger partial charge in [0.05, 0.1) is 17.5 Å². The van der Waals surface area contributed by atoms with E-state index in [9.17, 15) is 22.8 Å². The van der Waals surface area contributed by atoms with E-state index in [0.29, 0.717) is 6.07 Å². The minimum absolute atomic E-state index is 0.188. The standard InChI is InChI=1S/C14H12F3NO3/c15-9-5-6-10(12(17)11(9)16)18-13(19)7-3-1-2-4-8(7)14(20)21/h1-2,5-8H,3-4H2,(H,18,19)(H,20,21). The van der Waals surface area contributed by atoms with Gasteiger partial charge < -0.3 is 10.4 Å². The third-order valence-electron chi connectivity index (χ3n) is 3.38. The molecule has 2 unspecified atom stereocenters. The van der Waals surface area contributed by atoms with Gasteiger partial charge in [-0.3, -0.25) is 9.59 Å². The molecule has 2 N–H and O–H groups in total. The second-order valence-electron chi connectivity index (χ2n) is 4.71. The highest BCUT2D eigenvalue weighted by molar-refractivity contribution is 5.95. The second kappa shape index (κ2) is 5.99. The van der Waals surface area contributed by atoms with Crippen molar-refractivity contribution in [1.82, 2.24) is 0 Å². The smallest absolute Gasteiger partial charge is 0.307 e. The maximum absolute atomic E-state index is 13.5. The SMILES string of the molecule is O=C(O)C1CC=CCC1C(=O)Nc1ccc(F)c(F)c1F. The fourth-order valence-electron chi connectivity index (χ4n) is 2.22. The van der Waals surface area contributed by atoms with Crippen LogP contribution < -0.4 is 5.32 Å². The molecule has 1 aromatic rings. The largest absolute Gasteiger partial charge is 0.481 e. The summed E-state index contributed by atoms with van der Waals surface area (Å²) in [6.45, 7) is 0. The third-order valence-corrected chi connectivity index (χ3v) is 3.38. The monoisotopic (exact) mass is 299 g/mol. The number of carboxylic acid groups (broad SMARTS) is 1. The van der Waals surface area contributed by atoms with Crippen molar-refractivity contribution in [2.75, 3.05) is 5.32 Å². The highest BCUT2D eigenvalue weighted by Gasteiger charge is 2.34. The number of halogens is 3. The summed E-state index contributed by atoms with van der Waals surface area (Å²) in [4.78, 5) is 23.1. The molecule has 1 aromatic carbocycles. The molecular weight excluding hydrogens is 287 g/mol. The van der Waals surface area contributed by atoms with Gasteiger partial charge in [0.2, 0.25) is 5.91 Å². The van der Waals surface area contributed by atoms with Crippen LogP contribution in [0.5, 0.6) is 0 Å². The quantitative estimate of drug-likeness (QED) is 0.666. The van der Waals surface area contributed by atoms with Gasteiger partial charge in [-0.1, -0.05) is 12.2 Å². The first-order valence-corrected chi connectivity index (χ1v) is 6.24. The van der Waals surface area contributed by atoms with Crippen LogP contribution in [0.1, 0.15) is 12.8 Å². The Kier molecular flexibility index (Phi) is 4.30. The summed E-state index contributed by atoms with van der Waals surface area (Å²) in [6, 6.07) is 1.57. The Bertz CT molecular complexity index is 616. The van der Waals surface area contributed by atoms with Gasteiger partial charge in [-0.25, -0.2) is 13.2 Å². The lowest BCUT2D eigenvalue weighted by Crippen LogP contribution is -2.35. The summed E-state index contributed by atoms with van der Waals surface area (Å²) in [5.41, 5.74) is -0.516. The number of nitrogens with one attached hydrogen (secondary N) is 1. The first-order valence-electron chi connectivity index (χ1n) is 6.24. The number of aliphatic carboxylic acids is 1. The van der Waals surface area contributed by atoms with E-state index in [2.05, 4.69) is 5.32 Å². The molecule has 0 radical (unpaired) electrons. The van der Waals surface area contributed by atoms with Crippen LogP contribution in [0.4, 0.5) is 18.9 Å². The molecule has 0 aliphatic heterocycles. The molecule has 0 spiro atoms. The Balaban J connectivity index is 2.20. The number of carboxylic acids is 1. The number of rotatable bonds is 3. The Labute approximate surface area is 118 Å². The van der Waals surface area contributed by atoms with Crippen molar-refractivity contribution in [3.8, 4) is 0 Å². The molecule has 1 amide bonds. The first-order chi connectivity index (χ1) is 9.91. The topological polar surface area (TPSA) is 66.4 Å². The van der Waals surface area contributed by atoms with Gasteiger partial charge in [-0.2, -0.15) is 0 Å². The summed E-state index contributed by atoms with van der Waals surface area (Å²) in [7, 11) is 0. The maximum atomic E-state index is 13.5. The zero-order chi connectivity index (χ0) is 15.6. The second-order valence-corrected chi connectivity index (χ2v) is 4.71. The van der Waals surface area contributed by atoms with Gasteiger partial charge in [0.25, 0.3) is 0 Å². The van der Waals surface area contributed by atoms with Gasteiger partial charge in [0, 0.05) is 0 Å². The van der Waals surface area contributed by atoms with Crippen molar-refractivity contribution in [1.29, 1.82) is 0 Å². The van der Waals surface area contributed by atoms with Crippen LogP contribution >= 0.6 is 0 Å². The molecule has 0 saturated carbocycles. The molecule has 21 heavy (non-hydrogen) atoms. The van der Waals surface area contributed by atoms with Crippen LogP contribution in [0.2, 0.25) is 0 Å². The minimum Gasteiger partial charge on any atom is -0.481 e. The van der Waals surface area contributed by atoms with Crippen molar-refractivity contribution < 1.29 is 27.9 Å². The van der Waals surface area contributed by atoms with Crippen LogP contribution in [0.3, 0.4) is 0 Å². The first kappa shape index (κ1) is 15.1. The van der Waals surface area contributed by atoms with E-state index in [0.717, 1.165) is 6.07 Å². The molecule has 7 heteroatoms. The third kappa shape index (κ3) is 3.07. The molecule has 0 fully saturated rings. The summed E-state index contributed by atoms with van der Waals surface area (Å²) < 4.78 is 39.4. The van der Waals surface area contributed by atoms with Gasteiger partial charge in [-0.15, -0.1) is 0 Å². The van der Waals surface area contributed by atoms with Gasteiger partial charge in [0.1, 0.15) is 0 Å². The number of amides is 1. The number of carbonyl (C=O) groups is 2. The van der Waals surface area contributed by atoms with E-state index < -0.39 is 46.9 Å². The van der Waals surface area contributed by atoms with Crippen LogP contribution in [0.25, 0.3) is 0 Å². The number of allylic oxidation sites excluding steroid dienone is 2. The maximum Gasteiger partial charge on any atom is 0.307 e. The lowest BCUT2D eigenvalue weighted by atomic mass is 9.82. The Morgan fingerprint density at radius 2 is 1.67 bits per heavy atom. The van der Waals surface area contributed by atoms with E-state index in [1.165, 1.54) is 0 Å². The number of carbonyl (C=O) groups excluding carboxylic acids is 1. The van der Waals surface area contributed by atoms with E-state index in [1.54, 1.807) is 12.2 Å². The van der Waals surface area contributed by atoms with Crippen LogP contribution in [-0.4, -0.2) is 17.0 Å². The lowest BCUT2D eigenvalue weighted by Gasteiger charge is -2.24. The molecule has 112 valence electrons. The zero-order valence-electron chi connectivity index (χ0n) is 10.8. The predicted octanol–water partition coefficient (Wildman–Crippen LogP) is 2.71. The molecule has 1 aliphatic rings. The normalized spacial score (nSPS) is 21.1.